The molecule has 5 N–H and O–H groups in total. The van der Waals surface area contributed by atoms with Gasteiger partial charge in [0.2, 0.25) is 5.88 Å². The highest BCUT2D eigenvalue weighted by Gasteiger charge is 2.38. The van der Waals surface area contributed by atoms with Crippen molar-refractivity contribution in [1.82, 2.24) is 9.71 Å². The second-order valence-corrected chi connectivity index (χ2v) is 16.6. The summed E-state index contributed by atoms with van der Waals surface area (Å²) in [6.07, 6.45) is -7.53. The number of halogens is 3. The van der Waals surface area contributed by atoms with Gasteiger partial charge in [-0.05, 0) is 36.4 Å². The second-order valence-electron chi connectivity index (χ2n) is 9.79. The van der Waals surface area contributed by atoms with E-state index in [1.165, 1.54) is 30.3 Å². The van der Waals surface area contributed by atoms with Gasteiger partial charge in [0.25, 0.3) is 16.1 Å². The van der Waals surface area contributed by atoms with Crippen LogP contribution in [-0.2, 0) is 10.2 Å². The number of carbonyl (C=O) groups is 1. The lowest BCUT2D eigenvalue weighted by atomic mass is 10.1. The molecule has 0 aliphatic carbocycles. The molecule has 1 saturated heterocycles. The van der Waals surface area contributed by atoms with Gasteiger partial charge in [0.1, 0.15) is 12.4 Å². The molecule has 1 aliphatic heterocycles. The van der Waals surface area contributed by atoms with Crippen molar-refractivity contribution in [1.29, 1.82) is 0 Å². The minimum Gasteiger partial charge on any atom is -0.474 e. The van der Waals surface area contributed by atoms with Gasteiger partial charge in [-0.25, -0.2) is 0 Å². The summed E-state index contributed by atoms with van der Waals surface area (Å²) in [6, 6.07) is 10.5. The summed E-state index contributed by atoms with van der Waals surface area (Å²) in [7, 11) is -5.33. The highest BCUT2D eigenvalue weighted by molar-refractivity contribution is 7.90. The number of amides is 1. The normalized spacial score (nSPS) is 16.4. The van der Waals surface area contributed by atoms with Gasteiger partial charge in [0, 0.05) is 25.7 Å². The van der Waals surface area contributed by atoms with Gasteiger partial charge in [-0.1, -0.05) is 19.2 Å². The summed E-state index contributed by atoms with van der Waals surface area (Å²) >= 11 is 0. The van der Waals surface area contributed by atoms with E-state index >= 15 is 0 Å². The first-order valence-electron chi connectivity index (χ1n) is 12.1. The van der Waals surface area contributed by atoms with Crippen molar-refractivity contribution < 1.29 is 41.3 Å². The van der Waals surface area contributed by atoms with Crippen LogP contribution in [-0.4, -0.2) is 82.7 Å². The molecule has 3 rings (SSSR count). The second kappa shape index (κ2) is 12.5. The van der Waals surface area contributed by atoms with E-state index in [9.17, 15) is 26.4 Å². The van der Waals surface area contributed by atoms with E-state index in [0.717, 1.165) is 12.1 Å². The van der Waals surface area contributed by atoms with E-state index in [1.54, 1.807) is 6.07 Å². The highest BCUT2D eigenvalue weighted by atomic mass is 32.2. The lowest BCUT2D eigenvalue weighted by Gasteiger charge is -2.38. The smallest absolute Gasteiger partial charge is 0.417 e. The number of carbonyl (C=O) groups excluding carboxylic acids is 1. The summed E-state index contributed by atoms with van der Waals surface area (Å²) < 4.78 is 71.6. The third-order valence-corrected chi connectivity index (χ3v) is 10.3. The number of benzene rings is 1. The van der Waals surface area contributed by atoms with Crippen LogP contribution >= 0.6 is 0 Å². The zero-order valence-electron chi connectivity index (χ0n) is 21.5. The zero-order chi connectivity index (χ0) is 28.8. The van der Waals surface area contributed by atoms with Crippen molar-refractivity contribution in [2.24, 2.45) is 0 Å². The van der Waals surface area contributed by atoms with E-state index < -0.39 is 43.1 Å². The molecule has 11 nitrogen and oxygen atoms in total. The third kappa shape index (κ3) is 9.06. The maximum Gasteiger partial charge on any atom is 0.417 e. The van der Waals surface area contributed by atoms with Gasteiger partial charge in [0.15, 0.2) is 6.10 Å². The molecule has 0 radical (unpaired) electrons. The Balaban J connectivity index is 1.82. The van der Waals surface area contributed by atoms with Crippen LogP contribution in [0.1, 0.15) is 10.4 Å². The molecule has 0 spiro atoms. The molecule has 0 saturated carbocycles. The van der Waals surface area contributed by atoms with Gasteiger partial charge in [0.05, 0.1) is 31.6 Å². The standard InChI is InChI=1S/C23H32F3N5O6SSi/c1-39(2)12-9-31(10-13-39)18-14-16(30-38(35,36)27-8-11-32)6-7-17(18)22(34)29-20-4-3-5-21(28-20)37-15-19(33)23(24,25)26/h3-7,14,19,27,30,32-33H,8-13,15H2,1-2H3,(H,28,29,34)/t19-/m0/s1. The molecule has 0 unspecified atom stereocenters. The van der Waals surface area contributed by atoms with Crippen LogP contribution in [0.2, 0.25) is 25.2 Å². The molecule has 39 heavy (non-hydrogen) atoms. The van der Waals surface area contributed by atoms with Crippen molar-refractivity contribution in [3.63, 3.8) is 0 Å². The van der Waals surface area contributed by atoms with Gasteiger partial charge >= 0.3 is 6.18 Å². The summed E-state index contributed by atoms with van der Waals surface area (Å²) in [5, 5.41) is 20.6. The van der Waals surface area contributed by atoms with Crippen LogP contribution in [0, 0.1) is 0 Å². The Kier molecular flexibility index (Phi) is 9.82. The van der Waals surface area contributed by atoms with E-state index in [-0.39, 0.29) is 36.1 Å². The first-order valence-corrected chi connectivity index (χ1v) is 17.0. The van der Waals surface area contributed by atoms with Gasteiger partial charge in [-0.3, -0.25) is 9.52 Å². The predicted molar refractivity (Wildman–Crippen MR) is 143 cm³/mol. The lowest BCUT2D eigenvalue weighted by molar-refractivity contribution is -0.210. The fraction of sp³-hybridized carbons (Fsp3) is 0.478. The molecule has 1 atom stereocenters. The van der Waals surface area contributed by atoms with Crippen LogP contribution in [0.5, 0.6) is 5.88 Å². The van der Waals surface area contributed by atoms with Crippen LogP contribution < -0.4 is 24.4 Å². The quantitative estimate of drug-likeness (QED) is 0.250. The number of aromatic nitrogens is 1. The Morgan fingerprint density at radius 2 is 1.90 bits per heavy atom. The van der Waals surface area contributed by atoms with Crippen molar-refractivity contribution >= 4 is 41.4 Å². The Morgan fingerprint density at radius 3 is 2.54 bits per heavy atom. The van der Waals surface area contributed by atoms with E-state index in [0.29, 0.717) is 18.8 Å². The molecular weight excluding hydrogens is 559 g/mol. The number of aliphatic hydroxyl groups excluding tert-OH is 2. The average Bonchev–Trinajstić information content (AvgIpc) is 2.85. The third-order valence-electron chi connectivity index (χ3n) is 6.09. The number of nitrogens with zero attached hydrogens (tertiary/aromatic N) is 2. The fourth-order valence-electron chi connectivity index (χ4n) is 3.78. The molecule has 1 fully saturated rings. The van der Waals surface area contributed by atoms with Crippen LogP contribution in [0.4, 0.5) is 30.4 Å². The van der Waals surface area contributed by atoms with Crippen LogP contribution in [0.25, 0.3) is 0 Å². The molecule has 1 aromatic carbocycles. The number of aliphatic hydroxyl groups is 2. The summed E-state index contributed by atoms with van der Waals surface area (Å²) in [5.41, 5.74) is 0.953. The lowest BCUT2D eigenvalue weighted by Crippen LogP contribution is -2.43. The number of hydrogen-bond donors (Lipinski definition) is 5. The maximum absolute atomic E-state index is 13.3. The number of pyridine rings is 1. The number of ether oxygens (including phenoxy) is 1. The van der Waals surface area contributed by atoms with Gasteiger partial charge < -0.3 is 25.2 Å². The Bertz CT molecular complexity index is 1260. The molecule has 2 aromatic rings. The van der Waals surface area contributed by atoms with Gasteiger partial charge in [-0.2, -0.15) is 31.3 Å². The molecule has 16 heteroatoms. The Hall–Kier alpha value is -2.92. The van der Waals surface area contributed by atoms with Crippen molar-refractivity contribution in [2.75, 3.05) is 47.8 Å². The highest BCUT2D eigenvalue weighted by Crippen LogP contribution is 2.32. The Labute approximate surface area is 225 Å². The van der Waals surface area contributed by atoms with E-state index in [2.05, 4.69) is 32.8 Å². The SMILES string of the molecule is C[Si]1(C)CCN(c2cc(NS(=O)(=O)NCCO)ccc2C(=O)Nc2cccc(OC[C@H](O)C(F)(F)F)n2)CC1. The fourth-order valence-corrected chi connectivity index (χ4v) is 6.65. The first kappa shape index (κ1) is 30.6. The molecule has 1 aliphatic rings. The number of hydrogen-bond acceptors (Lipinski definition) is 8. The van der Waals surface area contributed by atoms with E-state index in [4.69, 9.17) is 14.9 Å². The van der Waals surface area contributed by atoms with Crippen molar-refractivity contribution in [2.45, 2.75) is 37.5 Å². The molecular formula is C23H32F3N5O6SSi. The number of rotatable bonds is 11. The minimum atomic E-state index is -4.84. The predicted octanol–water partition coefficient (Wildman–Crippen LogP) is 2.40. The van der Waals surface area contributed by atoms with Crippen molar-refractivity contribution in [3.8, 4) is 5.88 Å². The zero-order valence-corrected chi connectivity index (χ0v) is 23.3. The largest absolute Gasteiger partial charge is 0.474 e. The van der Waals surface area contributed by atoms with Crippen molar-refractivity contribution in [3.05, 3.63) is 42.0 Å². The van der Waals surface area contributed by atoms with Crippen LogP contribution in [0.3, 0.4) is 0 Å². The maximum atomic E-state index is 13.3. The number of alkyl halides is 3. The van der Waals surface area contributed by atoms with Gasteiger partial charge in [-0.15, -0.1) is 0 Å². The topological polar surface area (TPSA) is 153 Å². The number of nitrogens with one attached hydrogen (secondary N) is 3. The van der Waals surface area contributed by atoms with Crippen LogP contribution in [0.15, 0.2) is 36.4 Å². The molecule has 1 amide bonds. The Morgan fingerprint density at radius 1 is 1.21 bits per heavy atom. The minimum absolute atomic E-state index is 0.00937. The molecule has 216 valence electrons. The molecule has 1 aromatic heterocycles. The summed E-state index contributed by atoms with van der Waals surface area (Å²) in [6.45, 7) is 4.33. The molecule has 0 bridgehead atoms. The summed E-state index contributed by atoms with van der Waals surface area (Å²) in [4.78, 5) is 19.3. The van der Waals surface area contributed by atoms with E-state index in [1.807, 2.05) is 4.90 Å². The molecule has 2 heterocycles. The average molecular weight is 592 g/mol. The summed E-state index contributed by atoms with van der Waals surface area (Å²) in [5.74, 6) is -0.783. The number of anilines is 3. The monoisotopic (exact) mass is 591 g/mol. The first-order chi connectivity index (χ1) is 18.2.